The van der Waals surface area contributed by atoms with Crippen LogP contribution in [0.15, 0.2) is 18.2 Å². The van der Waals surface area contributed by atoms with Crippen molar-refractivity contribution in [2.24, 2.45) is 5.92 Å². The first-order valence-electron chi connectivity index (χ1n) is 6.56. The second kappa shape index (κ2) is 4.49. The zero-order valence-electron chi connectivity index (χ0n) is 10.8. The van der Waals surface area contributed by atoms with Gasteiger partial charge in [0, 0.05) is 25.6 Å². The van der Waals surface area contributed by atoms with Gasteiger partial charge in [0.25, 0.3) is 0 Å². The van der Waals surface area contributed by atoms with Crippen molar-refractivity contribution in [3.8, 4) is 0 Å². The topological polar surface area (TPSA) is 52.6 Å². The van der Waals surface area contributed by atoms with E-state index in [4.69, 9.17) is 0 Å². The fourth-order valence-electron chi connectivity index (χ4n) is 3.56. The monoisotopic (exact) mass is 264 g/mol. The van der Waals surface area contributed by atoms with E-state index in [0.717, 1.165) is 13.0 Å². The highest BCUT2D eigenvalue weighted by Gasteiger charge is 2.45. The van der Waals surface area contributed by atoms with Gasteiger partial charge in [-0.3, -0.25) is 4.79 Å². The van der Waals surface area contributed by atoms with Crippen LogP contribution in [0.2, 0.25) is 0 Å². The third-order valence-electron chi connectivity index (χ3n) is 4.39. The molecule has 5 heteroatoms. The van der Waals surface area contributed by atoms with Crippen LogP contribution in [0, 0.1) is 11.7 Å². The maximum atomic E-state index is 14.1. The lowest BCUT2D eigenvalue weighted by molar-refractivity contribution is -0.140. The summed E-state index contributed by atoms with van der Waals surface area (Å²) >= 11 is 0. The second-order valence-corrected chi connectivity index (χ2v) is 5.33. The Morgan fingerprint density at radius 1 is 1.53 bits per heavy atom. The molecule has 3 atom stereocenters. The number of halogens is 1. The van der Waals surface area contributed by atoms with Crippen LogP contribution in [0.5, 0.6) is 0 Å². The number of carboxylic acid groups (broad SMARTS) is 1. The van der Waals surface area contributed by atoms with Crippen LogP contribution in [0.1, 0.15) is 17.9 Å². The molecule has 0 spiro atoms. The molecule has 2 heterocycles. The summed E-state index contributed by atoms with van der Waals surface area (Å²) in [6.45, 7) is 1.52. The van der Waals surface area contributed by atoms with Gasteiger partial charge < -0.3 is 15.3 Å². The van der Waals surface area contributed by atoms with E-state index in [2.05, 4.69) is 5.32 Å². The van der Waals surface area contributed by atoms with Crippen LogP contribution in [0.25, 0.3) is 0 Å². The highest BCUT2D eigenvalue weighted by atomic mass is 19.1. The molecule has 2 N–H and O–H groups in total. The third-order valence-corrected chi connectivity index (χ3v) is 4.39. The number of nitrogens with zero attached hydrogens (tertiary/aromatic N) is 1. The van der Waals surface area contributed by atoms with Crippen LogP contribution >= 0.6 is 0 Å². The molecular formula is C14H17FN2O2. The van der Waals surface area contributed by atoms with Gasteiger partial charge in [0.2, 0.25) is 0 Å². The number of anilines is 1. The molecule has 3 rings (SSSR count). The molecule has 2 aliphatic heterocycles. The van der Waals surface area contributed by atoms with Gasteiger partial charge in [-0.1, -0.05) is 12.1 Å². The van der Waals surface area contributed by atoms with Gasteiger partial charge >= 0.3 is 5.97 Å². The van der Waals surface area contributed by atoms with E-state index in [0.29, 0.717) is 17.8 Å². The average Bonchev–Trinajstić information content (AvgIpc) is 2.38. The summed E-state index contributed by atoms with van der Waals surface area (Å²) in [6, 6.07) is 4.81. The fraction of sp³-hybridized carbons (Fsp3) is 0.500. The molecule has 1 saturated heterocycles. The number of fused-ring (bicyclic) bond motifs is 2. The van der Waals surface area contributed by atoms with E-state index in [9.17, 15) is 14.3 Å². The van der Waals surface area contributed by atoms with Gasteiger partial charge in [-0.25, -0.2) is 4.39 Å². The first kappa shape index (κ1) is 12.4. The quantitative estimate of drug-likeness (QED) is 0.805. The van der Waals surface area contributed by atoms with Gasteiger partial charge in [0.15, 0.2) is 0 Å². The van der Waals surface area contributed by atoms with Crippen LogP contribution in [0.4, 0.5) is 10.1 Å². The van der Waals surface area contributed by atoms with E-state index >= 15 is 0 Å². The van der Waals surface area contributed by atoms with Crippen molar-refractivity contribution in [3.63, 3.8) is 0 Å². The molecule has 0 aliphatic carbocycles. The minimum atomic E-state index is -0.862. The summed E-state index contributed by atoms with van der Waals surface area (Å²) in [5, 5.41) is 12.8. The number of hydrogen-bond acceptors (Lipinski definition) is 3. The number of carboxylic acids is 1. The normalized spacial score (nSPS) is 29.6. The summed E-state index contributed by atoms with van der Waals surface area (Å²) in [4.78, 5) is 13.5. The predicted octanol–water partition coefficient (Wildman–Crippen LogP) is 1.42. The lowest BCUT2D eigenvalue weighted by Gasteiger charge is -2.47. The van der Waals surface area contributed by atoms with Crippen molar-refractivity contribution in [2.45, 2.75) is 18.4 Å². The Morgan fingerprint density at radius 2 is 2.32 bits per heavy atom. The molecule has 1 fully saturated rings. The zero-order chi connectivity index (χ0) is 13.6. The lowest BCUT2D eigenvalue weighted by atomic mass is 9.74. The standard InChI is InChI=1S/C14H17FN2O2/c1-17-11-5-6-16-7-9(11)12(14(18)19)8-3-2-4-10(15)13(8)17/h2-4,9,11-12,16H,5-7H2,1H3,(H,18,19). The number of piperidine rings is 1. The minimum absolute atomic E-state index is 0.00875. The average molecular weight is 264 g/mol. The Morgan fingerprint density at radius 3 is 3.05 bits per heavy atom. The van der Waals surface area contributed by atoms with Gasteiger partial charge in [-0.15, -0.1) is 0 Å². The maximum Gasteiger partial charge on any atom is 0.311 e. The molecule has 1 aromatic carbocycles. The molecule has 3 unspecified atom stereocenters. The Hall–Kier alpha value is -1.62. The predicted molar refractivity (Wildman–Crippen MR) is 69.9 cm³/mol. The van der Waals surface area contributed by atoms with E-state index in [1.54, 1.807) is 12.1 Å². The highest BCUT2D eigenvalue weighted by molar-refractivity contribution is 5.81. The number of carbonyl (C=O) groups is 1. The van der Waals surface area contributed by atoms with Crippen LogP contribution in [0.3, 0.4) is 0 Å². The van der Waals surface area contributed by atoms with E-state index < -0.39 is 11.9 Å². The van der Waals surface area contributed by atoms with Gasteiger partial charge in [-0.05, 0) is 24.6 Å². The molecule has 0 amide bonds. The SMILES string of the molecule is CN1c2c(F)cccc2C(C(=O)O)C2CNCCC21. The maximum absolute atomic E-state index is 14.1. The van der Waals surface area contributed by atoms with Gasteiger partial charge in [0.1, 0.15) is 5.82 Å². The lowest BCUT2D eigenvalue weighted by Crippen LogP contribution is -2.55. The summed E-state index contributed by atoms with van der Waals surface area (Å²) < 4.78 is 14.1. The molecule has 0 aromatic heterocycles. The van der Waals surface area contributed by atoms with Crippen molar-refractivity contribution in [3.05, 3.63) is 29.6 Å². The summed E-state index contributed by atoms with van der Waals surface area (Å²) in [5.74, 6) is -1.83. The zero-order valence-corrected chi connectivity index (χ0v) is 10.8. The van der Waals surface area contributed by atoms with Crippen LogP contribution in [-0.4, -0.2) is 37.3 Å². The molecule has 102 valence electrons. The molecule has 1 aromatic rings. The first-order chi connectivity index (χ1) is 9.11. The molecule has 19 heavy (non-hydrogen) atoms. The summed E-state index contributed by atoms with van der Waals surface area (Å²) in [7, 11) is 1.86. The number of rotatable bonds is 1. The summed E-state index contributed by atoms with van der Waals surface area (Å²) in [5.41, 5.74) is 1.05. The molecule has 4 nitrogen and oxygen atoms in total. The molecule has 0 radical (unpaired) electrons. The fourth-order valence-corrected chi connectivity index (χ4v) is 3.56. The largest absolute Gasteiger partial charge is 0.481 e. The molecule has 0 saturated carbocycles. The van der Waals surface area contributed by atoms with Crippen molar-refractivity contribution < 1.29 is 14.3 Å². The smallest absolute Gasteiger partial charge is 0.311 e. The van der Waals surface area contributed by atoms with Crippen LogP contribution < -0.4 is 10.2 Å². The number of para-hydroxylation sites is 1. The highest BCUT2D eigenvalue weighted by Crippen LogP contribution is 2.44. The Kier molecular flexibility index (Phi) is 2.93. The van der Waals surface area contributed by atoms with Crippen molar-refractivity contribution in [2.75, 3.05) is 25.0 Å². The first-order valence-corrected chi connectivity index (χ1v) is 6.56. The number of nitrogens with one attached hydrogen (secondary N) is 1. The van der Waals surface area contributed by atoms with Gasteiger partial charge in [0.05, 0.1) is 11.6 Å². The minimum Gasteiger partial charge on any atom is -0.481 e. The molecule has 2 aliphatic rings. The number of aliphatic carboxylic acids is 1. The van der Waals surface area contributed by atoms with E-state index in [1.165, 1.54) is 6.07 Å². The third kappa shape index (κ3) is 1.80. The second-order valence-electron chi connectivity index (χ2n) is 5.33. The van der Waals surface area contributed by atoms with Gasteiger partial charge in [-0.2, -0.15) is 0 Å². The number of benzene rings is 1. The van der Waals surface area contributed by atoms with Crippen molar-refractivity contribution in [1.29, 1.82) is 0 Å². The Balaban J connectivity index is 2.16. The molecular weight excluding hydrogens is 247 g/mol. The van der Waals surface area contributed by atoms with Crippen LogP contribution in [-0.2, 0) is 4.79 Å². The molecule has 0 bridgehead atoms. The Bertz CT molecular complexity index is 520. The number of hydrogen-bond donors (Lipinski definition) is 2. The van der Waals surface area contributed by atoms with Crippen molar-refractivity contribution >= 4 is 11.7 Å². The van der Waals surface area contributed by atoms with Crippen molar-refractivity contribution in [1.82, 2.24) is 5.32 Å². The Labute approximate surface area is 111 Å². The summed E-state index contributed by atoms with van der Waals surface area (Å²) in [6.07, 6.45) is 0.846. The van der Waals surface area contributed by atoms with E-state index in [1.807, 2.05) is 11.9 Å². The van der Waals surface area contributed by atoms with E-state index in [-0.39, 0.29) is 17.8 Å².